The number of hydrogen-bond acceptors (Lipinski definition) is 4. The van der Waals surface area contributed by atoms with Gasteiger partial charge in [0.15, 0.2) is 0 Å². The first-order valence-electron chi connectivity index (χ1n) is 7.06. The zero-order valence-electron chi connectivity index (χ0n) is 12.9. The van der Waals surface area contributed by atoms with Crippen LogP contribution in [0.5, 0.6) is 0 Å². The first kappa shape index (κ1) is 16.9. The first-order chi connectivity index (χ1) is 11.5. The Bertz CT molecular complexity index is 815. The lowest BCUT2D eigenvalue weighted by molar-refractivity contribution is -0.384. The lowest BCUT2D eigenvalue weighted by Crippen LogP contribution is -2.40. The molecule has 24 heavy (non-hydrogen) atoms. The van der Waals surface area contributed by atoms with E-state index in [1.807, 2.05) is 31.2 Å². The number of nitro benzene ring substituents is 1. The molecular weight excluding hydrogens is 310 g/mol. The second kappa shape index (κ2) is 7.68. The van der Waals surface area contributed by atoms with Crippen LogP contribution >= 0.6 is 0 Å². The van der Waals surface area contributed by atoms with E-state index in [1.54, 1.807) is 6.08 Å². The van der Waals surface area contributed by atoms with E-state index in [0.29, 0.717) is 0 Å². The smallest absolute Gasteiger partial charge is 0.268 e. The minimum atomic E-state index is -0.642. The van der Waals surface area contributed by atoms with Gasteiger partial charge in [0, 0.05) is 23.8 Å². The molecule has 2 rings (SSSR count). The third-order valence-corrected chi connectivity index (χ3v) is 3.22. The standard InChI is InChI=1S/C17H15N3O4/c1-12-5-2-3-6-13(12)9-10-16(21)18-19-17(22)14-7-4-8-15(11-14)20(23)24/h2-11H,1H3,(H,18,21)(H,19,22)/b10-9+. The molecule has 7 heteroatoms. The number of nitrogens with zero attached hydrogens (tertiary/aromatic N) is 1. The third kappa shape index (κ3) is 4.51. The van der Waals surface area contributed by atoms with Gasteiger partial charge in [-0.1, -0.05) is 30.3 Å². The van der Waals surface area contributed by atoms with Crippen molar-refractivity contribution >= 4 is 23.6 Å². The van der Waals surface area contributed by atoms with Crippen LogP contribution in [0.3, 0.4) is 0 Å². The number of benzene rings is 2. The van der Waals surface area contributed by atoms with Crippen LogP contribution in [0.4, 0.5) is 5.69 Å². The van der Waals surface area contributed by atoms with Crippen molar-refractivity contribution in [1.82, 2.24) is 10.9 Å². The molecule has 0 heterocycles. The molecule has 0 fully saturated rings. The third-order valence-electron chi connectivity index (χ3n) is 3.22. The average molecular weight is 325 g/mol. The number of aryl methyl sites for hydroxylation is 1. The number of nitrogens with one attached hydrogen (secondary N) is 2. The van der Waals surface area contributed by atoms with E-state index in [-0.39, 0.29) is 11.3 Å². The quantitative estimate of drug-likeness (QED) is 0.512. The van der Waals surface area contributed by atoms with Crippen molar-refractivity contribution in [3.05, 3.63) is 81.4 Å². The first-order valence-corrected chi connectivity index (χ1v) is 7.06. The second-order valence-electron chi connectivity index (χ2n) is 4.94. The van der Waals surface area contributed by atoms with Crippen molar-refractivity contribution < 1.29 is 14.5 Å². The van der Waals surface area contributed by atoms with Crippen LogP contribution in [0.25, 0.3) is 6.08 Å². The van der Waals surface area contributed by atoms with Crippen LogP contribution in [0.15, 0.2) is 54.6 Å². The molecule has 0 radical (unpaired) electrons. The van der Waals surface area contributed by atoms with Gasteiger partial charge in [0.25, 0.3) is 17.5 Å². The summed E-state index contributed by atoms with van der Waals surface area (Å²) in [5.74, 6) is -1.16. The highest BCUT2D eigenvalue weighted by Crippen LogP contribution is 2.12. The molecule has 2 aromatic rings. The number of rotatable bonds is 4. The van der Waals surface area contributed by atoms with Gasteiger partial charge < -0.3 is 0 Å². The molecule has 7 nitrogen and oxygen atoms in total. The van der Waals surface area contributed by atoms with Crippen molar-refractivity contribution in [1.29, 1.82) is 0 Å². The van der Waals surface area contributed by atoms with Crippen LogP contribution in [-0.2, 0) is 4.79 Å². The van der Waals surface area contributed by atoms with E-state index in [9.17, 15) is 19.7 Å². The minimum absolute atomic E-state index is 0.0763. The van der Waals surface area contributed by atoms with E-state index >= 15 is 0 Å². The molecular formula is C17H15N3O4. The fraction of sp³-hybridized carbons (Fsp3) is 0.0588. The molecule has 0 bridgehead atoms. The van der Waals surface area contributed by atoms with Gasteiger partial charge in [-0.05, 0) is 30.2 Å². The summed E-state index contributed by atoms with van der Waals surface area (Å²) < 4.78 is 0. The van der Waals surface area contributed by atoms with Crippen molar-refractivity contribution in [3.63, 3.8) is 0 Å². The van der Waals surface area contributed by atoms with Crippen molar-refractivity contribution in [2.24, 2.45) is 0 Å². The van der Waals surface area contributed by atoms with Gasteiger partial charge in [-0.2, -0.15) is 0 Å². The van der Waals surface area contributed by atoms with Crippen LogP contribution in [-0.4, -0.2) is 16.7 Å². The SMILES string of the molecule is Cc1ccccc1/C=C/C(=O)NNC(=O)c1cccc([N+](=O)[O-])c1. The molecule has 0 aliphatic heterocycles. The second-order valence-corrected chi connectivity index (χ2v) is 4.94. The number of non-ortho nitro benzene ring substituents is 1. The Morgan fingerprint density at radius 1 is 1.08 bits per heavy atom. The molecule has 0 aliphatic rings. The van der Waals surface area contributed by atoms with E-state index in [0.717, 1.165) is 17.2 Å². The van der Waals surface area contributed by atoms with E-state index in [1.165, 1.54) is 24.3 Å². The van der Waals surface area contributed by atoms with Gasteiger partial charge in [0.2, 0.25) is 0 Å². The molecule has 0 spiro atoms. The Kier molecular flexibility index (Phi) is 5.40. The summed E-state index contributed by atoms with van der Waals surface area (Å²) >= 11 is 0. The van der Waals surface area contributed by atoms with E-state index in [4.69, 9.17) is 0 Å². The Morgan fingerprint density at radius 3 is 2.54 bits per heavy atom. The minimum Gasteiger partial charge on any atom is -0.268 e. The predicted octanol–water partition coefficient (Wildman–Crippen LogP) is 2.38. The lowest BCUT2D eigenvalue weighted by Gasteiger charge is -2.05. The number of hydrogen-bond donors (Lipinski definition) is 2. The summed E-state index contributed by atoms with van der Waals surface area (Å²) in [4.78, 5) is 33.7. The van der Waals surface area contributed by atoms with Crippen molar-refractivity contribution in [2.45, 2.75) is 6.92 Å². The Labute approximate surface area is 138 Å². The fourth-order valence-electron chi connectivity index (χ4n) is 1.93. The molecule has 0 saturated carbocycles. The number of hydrazine groups is 1. The Hall–Kier alpha value is -3.48. The average Bonchev–Trinajstić information content (AvgIpc) is 2.59. The van der Waals surface area contributed by atoms with Gasteiger partial charge in [-0.25, -0.2) is 0 Å². The van der Waals surface area contributed by atoms with Crippen LogP contribution < -0.4 is 10.9 Å². The highest BCUT2D eigenvalue weighted by atomic mass is 16.6. The molecule has 0 aromatic heterocycles. The van der Waals surface area contributed by atoms with Gasteiger partial charge in [0.1, 0.15) is 0 Å². The molecule has 0 aliphatic carbocycles. The Morgan fingerprint density at radius 2 is 1.83 bits per heavy atom. The number of amides is 2. The van der Waals surface area contributed by atoms with Gasteiger partial charge in [0.05, 0.1) is 4.92 Å². The summed E-state index contributed by atoms with van der Waals surface area (Å²) in [6, 6.07) is 12.7. The van der Waals surface area contributed by atoms with E-state index in [2.05, 4.69) is 10.9 Å². The monoisotopic (exact) mass is 325 g/mol. The summed E-state index contributed by atoms with van der Waals surface area (Å²) in [7, 11) is 0. The highest BCUT2D eigenvalue weighted by Gasteiger charge is 2.11. The molecule has 2 N–H and O–H groups in total. The predicted molar refractivity (Wildman–Crippen MR) is 88.9 cm³/mol. The fourth-order valence-corrected chi connectivity index (χ4v) is 1.93. The highest BCUT2D eigenvalue weighted by molar-refractivity contribution is 5.98. The molecule has 122 valence electrons. The maximum atomic E-state index is 11.9. The van der Waals surface area contributed by atoms with Crippen LogP contribution in [0.2, 0.25) is 0 Å². The number of carbonyl (C=O) groups excluding carboxylic acids is 2. The van der Waals surface area contributed by atoms with Crippen molar-refractivity contribution in [3.8, 4) is 0 Å². The number of carbonyl (C=O) groups is 2. The largest absolute Gasteiger partial charge is 0.270 e. The molecule has 2 amide bonds. The maximum absolute atomic E-state index is 11.9. The van der Waals surface area contributed by atoms with Crippen molar-refractivity contribution in [2.75, 3.05) is 0 Å². The summed E-state index contributed by atoms with van der Waals surface area (Å²) in [6.07, 6.45) is 2.92. The Balaban J connectivity index is 1.94. The van der Waals surface area contributed by atoms with Crippen LogP contribution in [0, 0.1) is 17.0 Å². The summed E-state index contributed by atoms with van der Waals surface area (Å²) in [5, 5.41) is 10.7. The molecule has 2 aromatic carbocycles. The zero-order chi connectivity index (χ0) is 17.5. The normalized spacial score (nSPS) is 10.4. The summed E-state index contributed by atoms with van der Waals surface area (Å²) in [6.45, 7) is 1.92. The molecule has 0 saturated heterocycles. The topological polar surface area (TPSA) is 101 Å². The van der Waals surface area contributed by atoms with Gasteiger partial charge in [-0.3, -0.25) is 30.6 Å². The van der Waals surface area contributed by atoms with Crippen LogP contribution in [0.1, 0.15) is 21.5 Å². The van der Waals surface area contributed by atoms with Gasteiger partial charge in [-0.15, -0.1) is 0 Å². The van der Waals surface area contributed by atoms with E-state index < -0.39 is 16.7 Å². The van der Waals surface area contributed by atoms with Gasteiger partial charge >= 0.3 is 0 Å². The lowest BCUT2D eigenvalue weighted by atomic mass is 10.1. The number of nitro groups is 1. The molecule has 0 unspecified atom stereocenters. The zero-order valence-corrected chi connectivity index (χ0v) is 12.9. The summed E-state index contributed by atoms with van der Waals surface area (Å²) in [5.41, 5.74) is 6.21. The molecule has 0 atom stereocenters. The maximum Gasteiger partial charge on any atom is 0.270 e.